The minimum absolute atomic E-state index is 0.0121. The third kappa shape index (κ3) is 2.28. The summed E-state index contributed by atoms with van der Waals surface area (Å²) in [6.07, 6.45) is 0.513. The van der Waals surface area contributed by atoms with Crippen LogP contribution in [0.1, 0.15) is 30.7 Å². The molecule has 1 aliphatic heterocycles. The van der Waals surface area contributed by atoms with E-state index in [9.17, 15) is 9.59 Å². The number of carbonyl (C=O) groups excluding carboxylic acids is 2. The number of nitrogens with zero attached hydrogens (tertiary/aromatic N) is 1. The van der Waals surface area contributed by atoms with Crippen molar-refractivity contribution in [2.24, 2.45) is 0 Å². The van der Waals surface area contributed by atoms with Crippen molar-refractivity contribution < 1.29 is 9.59 Å². The second kappa shape index (κ2) is 4.55. The Kier molecular flexibility index (Phi) is 3.30. The Labute approximate surface area is 103 Å². The molecule has 1 atom stereocenters. The Bertz CT molecular complexity index is 429. The minimum Gasteiger partial charge on any atom is -0.334 e. The number of thiophene rings is 1. The molecular weight excluding hydrogens is 246 g/mol. The zero-order valence-electron chi connectivity index (χ0n) is 8.90. The fourth-order valence-electron chi connectivity index (χ4n) is 1.84. The van der Waals surface area contributed by atoms with Crippen LogP contribution < -0.4 is 0 Å². The van der Waals surface area contributed by atoms with Crippen molar-refractivity contribution in [3.63, 3.8) is 0 Å². The molecule has 0 aliphatic carbocycles. The first-order valence-corrected chi connectivity index (χ1v) is 6.34. The topological polar surface area (TPSA) is 37.4 Å². The van der Waals surface area contributed by atoms with Crippen molar-refractivity contribution >= 4 is 34.6 Å². The van der Waals surface area contributed by atoms with Gasteiger partial charge in [0.25, 0.3) is 0 Å². The number of Topliss-reactive ketones (excluding diaryl/α,β-unsaturated/α-hetero) is 1. The molecule has 0 radical (unpaired) electrons. The Morgan fingerprint density at radius 3 is 2.75 bits per heavy atom. The quantitative estimate of drug-likeness (QED) is 0.764. The largest absolute Gasteiger partial charge is 0.334 e. The first kappa shape index (κ1) is 11.6. The van der Waals surface area contributed by atoms with Crippen LogP contribution in [0.2, 0.25) is 4.34 Å². The smallest absolute Gasteiger partial charge is 0.230 e. The van der Waals surface area contributed by atoms with Crippen LogP contribution in [0.4, 0.5) is 0 Å². The van der Waals surface area contributed by atoms with Crippen molar-refractivity contribution in [1.29, 1.82) is 0 Å². The van der Waals surface area contributed by atoms with E-state index in [-0.39, 0.29) is 24.2 Å². The van der Waals surface area contributed by atoms with Gasteiger partial charge in [-0.25, -0.2) is 0 Å². The molecule has 2 rings (SSSR count). The number of rotatable bonds is 2. The SMILES string of the molecule is CC(c1ccc(Cl)s1)N1CCC(=O)CC1=O. The second-order valence-corrected chi connectivity index (χ2v) is 5.62. The van der Waals surface area contributed by atoms with E-state index in [1.54, 1.807) is 4.90 Å². The summed E-state index contributed by atoms with van der Waals surface area (Å²) in [7, 11) is 0. The van der Waals surface area contributed by atoms with Gasteiger partial charge in [0.05, 0.1) is 16.8 Å². The standard InChI is InChI=1S/C11H12ClNO2S/c1-7(9-2-3-10(12)16-9)13-5-4-8(14)6-11(13)15/h2-3,7H,4-6H2,1H3. The molecule has 1 fully saturated rings. The van der Waals surface area contributed by atoms with Crippen LogP contribution in [0.3, 0.4) is 0 Å². The van der Waals surface area contributed by atoms with Crippen molar-refractivity contribution in [3.05, 3.63) is 21.3 Å². The molecule has 1 amide bonds. The lowest BCUT2D eigenvalue weighted by Crippen LogP contribution is -2.40. The average Bonchev–Trinajstić information content (AvgIpc) is 2.64. The summed E-state index contributed by atoms with van der Waals surface area (Å²) in [5.74, 6) is -0.0362. The van der Waals surface area contributed by atoms with Crippen LogP contribution in [0.15, 0.2) is 12.1 Å². The molecule has 0 aromatic carbocycles. The number of amides is 1. The maximum absolute atomic E-state index is 11.7. The van der Waals surface area contributed by atoms with Crippen LogP contribution in [0, 0.1) is 0 Å². The van der Waals surface area contributed by atoms with E-state index in [4.69, 9.17) is 11.6 Å². The predicted octanol–water partition coefficient (Wildman–Crippen LogP) is 2.65. The van der Waals surface area contributed by atoms with E-state index < -0.39 is 0 Å². The first-order chi connectivity index (χ1) is 7.58. The molecule has 1 saturated heterocycles. The highest BCUT2D eigenvalue weighted by Crippen LogP contribution is 2.31. The number of piperidine rings is 1. The van der Waals surface area contributed by atoms with Gasteiger partial charge in [-0.1, -0.05) is 11.6 Å². The van der Waals surface area contributed by atoms with E-state index in [0.717, 1.165) is 9.21 Å². The molecule has 86 valence electrons. The maximum atomic E-state index is 11.7. The Hall–Kier alpha value is -0.870. The van der Waals surface area contributed by atoms with E-state index >= 15 is 0 Å². The van der Waals surface area contributed by atoms with Gasteiger partial charge in [0.1, 0.15) is 5.78 Å². The normalized spacial score (nSPS) is 19.0. The zero-order valence-corrected chi connectivity index (χ0v) is 10.5. The number of halogens is 1. The molecule has 2 heterocycles. The van der Waals surface area contributed by atoms with Gasteiger partial charge >= 0.3 is 0 Å². The lowest BCUT2D eigenvalue weighted by molar-refractivity contribution is -0.141. The molecule has 0 bridgehead atoms. The van der Waals surface area contributed by atoms with Crippen LogP contribution in [0.5, 0.6) is 0 Å². The summed E-state index contributed by atoms with van der Waals surface area (Å²) in [5, 5.41) is 0. The minimum atomic E-state index is -0.0757. The Morgan fingerprint density at radius 2 is 2.19 bits per heavy atom. The van der Waals surface area contributed by atoms with Gasteiger partial charge in [0.15, 0.2) is 0 Å². The van der Waals surface area contributed by atoms with Crippen LogP contribution >= 0.6 is 22.9 Å². The summed E-state index contributed by atoms with van der Waals surface area (Å²) in [6.45, 7) is 2.49. The summed E-state index contributed by atoms with van der Waals surface area (Å²) in [5.41, 5.74) is 0. The van der Waals surface area contributed by atoms with Crippen molar-refractivity contribution in [3.8, 4) is 0 Å². The van der Waals surface area contributed by atoms with Crippen molar-refractivity contribution in [1.82, 2.24) is 4.90 Å². The number of carbonyl (C=O) groups is 2. The Morgan fingerprint density at radius 1 is 1.44 bits per heavy atom. The molecule has 1 aromatic heterocycles. The number of hydrogen-bond acceptors (Lipinski definition) is 3. The van der Waals surface area contributed by atoms with E-state index in [2.05, 4.69) is 0 Å². The van der Waals surface area contributed by atoms with Gasteiger partial charge in [-0.15, -0.1) is 11.3 Å². The number of likely N-dealkylation sites (tertiary alicyclic amines) is 1. The lowest BCUT2D eigenvalue weighted by atomic mass is 10.1. The van der Waals surface area contributed by atoms with E-state index in [1.165, 1.54) is 11.3 Å². The molecule has 16 heavy (non-hydrogen) atoms. The van der Waals surface area contributed by atoms with Crippen LogP contribution in [-0.2, 0) is 9.59 Å². The summed E-state index contributed by atoms with van der Waals surface area (Å²) < 4.78 is 0.724. The highest BCUT2D eigenvalue weighted by molar-refractivity contribution is 7.16. The van der Waals surface area contributed by atoms with Gasteiger partial charge in [0, 0.05) is 17.8 Å². The van der Waals surface area contributed by atoms with Gasteiger partial charge < -0.3 is 4.90 Å². The molecule has 1 unspecified atom stereocenters. The molecule has 1 aliphatic rings. The molecule has 3 nitrogen and oxygen atoms in total. The third-order valence-electron chi connectivity index (χ3n) is 2.77. The lowest BCUT2D eigenvalue weighted by Gasteiger charge is -2.31. The molecule has 0 saturated carbocycles. The van der Waals surface area contributed by atoms with Crippen LogP contribution in [-0.4, -0.2) is 23.1 Å². The van der Waals surface area contributed by atoms with E-state index in [0.29, 0.717) is 13.0 Å². The molecular formula is C11H12ClNO2S. The highest BCUT2D eigenvalue weighted by atomic mass is 35.5. The molecule has 1 aromatic rings. The Balaban J connectivity index is 2.13. The van der Waals surface area contributed by atoms with Gasteiger partial charge in [0.2, 0.25) is 5.91 Å². The first-order valence-electron chi connectivity index (χ1n) is 5.14. The highest BCUT2D eigenvalue weighted by Gasteiger charge is 2.28. The third-order valence-corrected chi connectivity index (χ3v) is 4.17. The molecule has 0 spiro atoms. The van der Waals surface area contributed by atoms with Gasteiger partial charge in [-0.3, -0.25) is 9.59 Å². The predicted molar refractivity (Wildman–Crippen MR) is 63.7 cm³/mol. The zero-order chi connectivity index (χ0) is 11.7. The van der Waals surface area contributed by atoms with Crippen molar-refractivity contribution in [2.45, 2.75) is 25.8 Å². The van der Waals surface area contributed by atoms with Crippen LogP contribution in [0.25, 0.3) is 0 Å². The fraction of sp³-hybridized carbons (Fsp3) is 0.455. The summed E-state index contributed by atoms with van der Waals surface area (Å²) in [4.78, 5) is 25.6. The van der Waals surface area contributed by atoms with E-state index in [1.807, 2.05) is 19.1 Å². The van der Waals surface area contributed by atoms with Gasteiger partial charge in [-0.2, -0.15) is 0 Å². The van der Waals surface area contributed by atoms with Gasteiger partial charge in [-0.05, 0) is 19.1 Å². The maximum Gasteiger partial charge on any atom is 0.230 e. The summed E-state index contributed by atoms with van der Waals surface area (Å²) >= 11 is 7.34. The molecule has 5 heteroatoms. The monoisotopic (exact) mass is 257 g/mol. The van der Waals surface area contributed by atoms with Crippen molar-refractivity contribution in [2.75, 3.05) is 6.54 Å². The number of hydrogen-bond donors (Lipinski definition) is 0. The average molecular weight is 258 g/mol. The second-order valence-electron chi connectivity index (χ2n) is 3.87. The fourth-order valence-corrected chi connectivity index (χ4v) is 2.97. The number of ketones is 1. The summed E-state index contributed by atoms with van der Waals surface area (Å²) in [6, 6.07) is 3.78. The molecule has 0 N–H and O–H groups in total.